The van der Waals surface area contributed by atoms with E-state index in [0.717, 1.165) is 0 Å². The molecule has 3 heterocycles. The number of Topliss-reactive ketones (excluding diaryl/α,β-unsaturated/α-hetero) is 1. The molecule has 7 amide bonds. The summed E-state index contributed by atoms with van der Waals surface area (Å²) < 4.78 is 17.3. The molecule has 3 aliphatic heterocycles. The molecule has 0 aromatic heterocycles. The van der Waals surface area contributed by atoms with Gasteiger partial charge in [-0.15, -0.1) is 0 Å². The number of likely N-dealkylation sites (tertiary alicyclic amines) is 1. The molecule has 0 spiro atoms. The summed E-state index contributed by atoms with van der Waals surface area (Å²) in [5.74, 6) is -10.8. The Labute approximate surface area is 458 Å². The molecule has 5 N–H and O–H groups in total. The highest BCUT2D eigenvalue weighted by molar-refractivity contribution is 6.05. The highest BCUT2D eigenvalue weighted by Crippen LogP contribution is 2.30. The Morgan fingerprint density at radius 3 is 2.08 bits per heavy atom. The first-order chi connectivity index (χ1) is 36.7. The summed E-state index contributed by atoms with van der Waals surface area (Å²) >= 11 is 0. The van der Waals surface area contributed by atoms with Crippen LogP contribution < -0.4 is 20.7 Å². The van der Waals surface area contributed by atoms with Crippen molar-refractivity contribution in [2.24, 2.45) is 29.6 Å². The number of nitrogens with one attached hydrogen (secondary N) is 3. The summed E-state index contributed by atoms with van der Waals surface area (Å²) in [7, 11) is 4.30. The number of methoxy groups -OCH3 is 1. The van der Waals surface area contributed by atoms with Gasteiger partial charge in [0.05, 0.1) is 31.1 Å². The zero-order valence-electron chi connectivity index (χ0n) is 47.5. The predicted octanol–water partition coefficient (Wildman–Crippen LogP) is 1.68. The number of ether oxygens (including phenoxy) is 3. The highest BCUT2D eigenvalue weighted by Gasteiger charge is 2.47. The highest BCUT2D eigenvalue weighted by atomic mass is 16.6. The van der Waals surface area contributed by atoms with Crippen LogP contribution >= 0.6 is 0 Å². The molecule has 78 heavy (non-hydrogen) atoms. The Kier molecular flexibility index (Phi) is 22.2. The number of hydrogen-bond acceptors (Lipinski definition) is 15. The second kappa shape index (κ2) is 27.6. The summed E-state index contributed by atoms with van der Waals surface area (Å²) in [5.41, 5.74) is 0.576. The number of ketones is 1. The van der Waals surface area contributed by atoms with Crippen molar-refractivity contribution >= 4 is 59.1 Å². The van der Waals surface area contributed by atoms with E-state index in [-0.39, 0.29) is 76.3 Å². The lowest BCUT2D eigenvalue weighted by atomic mass is 9.82. The molecule has 0 unspecified atom stereocenters. The van der Waals surface area contributed by atoms with Gasteiger partial charge < -0.3 is 60.0 Å². The molecule has 22 nitrogen and oxygen atoms in total. The molecule has 2 bridgehead atoms. The van der Waals surface area contributed by atoms with Gasteiger partial charge in [-0.3, -0.25) is 43.2 Å². The second-order valence-corrected chi connectivity index (χ2v) is 22.9. The molecule has 4 aliphatic rings. The van der Waals surface area contributed by atoms with E-state index >= 15 is 0 Å². The standard InChI is InChI=1S/C56H85N7O15/c1-29(2)26-39-52(71)63-25-15-19-41(63)54(73)61(11)43(28-35-20-22-36(76-12)23-21-35)56(75)77-34(9)44(59-49(68)42(27-30(3)4)60(10)53(72)40-18-14-24-62(40)51(70)33(8)64)50(69)57-38-17-13-16-37(46(38)66)55(74)78-47(31(5)6)45(65)32(7)48(67)58-39/h20-23,29-34,37-44,46-47,64,66H,13-19,24-28H2,1-12H3,(H,57,69)(H,58,67)(H,59,68)/t32-,33-,34+,37-,38-,39-,40-,41-,42+,43-,44-,46-,47-/m0/s1. The number of rotatable bonds is 13. The van der Waals surface area contributed by atoms with E-state index in [4.69, 9.17) is 14.2 Å². The maximum atomic E-state index is 14.9. The fourth-order valence-corrected chi connectivity index (χ4v) is 11.0. The van der Waals surface area contributed by atoms with Gasteiger partial charge in [-0.1, -0.05) is 60.1 Å². The third kappa shape index (κ3) is 15.1. The Hall–Kier alpha value is -6.16. The number of esters is 2. The smallest absolute Gasteiger partial charge is 0.329 e. The van der Waals surface area contributed by atoms with Crippen LogP contribution in [0.25, 0.3) is 0 Å². The number of carbonyl (C=O) groups excluding carboxylic acids is 10. The van der Waals surface area contributed by atoms with E-state index in [1.165, 1.54) is 61.6 Å². The van der Waals surface area contributed by atoms with Crippen molar-refractivity contribution in [3.8, 4) is 5.75 Å². The minimum Gasteiger partial charge on any atom is -0.497 e. The molecule has 434 valence electrons. The molecule has 22 heteroatoms. The van der Waals surface area contributed by atoms with Gasteiger partial charge in [0.1, 0.15) is 54.2 Å². The van der Waals surface area contributed by atoms with Crippen molar-refractivity contribution in [1.82, 2.24) is 35.6 Å². The predicted molar refractivity (Wildman–Crippen MR) is 283 cm³/mol. The Bertz CT molecular complexity index is 2340. The zero-order chi connectivity index (χ0) is 58.0. The van der Waals surface area contributed by atoms with Crippen LogP contribution in [0.5, 0.6) is 5.75 Å². The summed E-state index contributed by atoms with van der Waals surface area (Å²) in [5, 5.41) is 30.2. The van der Waals surface area contributed by atoms with Crippen LogP contribution in [0.15, 0.2) is 24.3 Å². The summed E-state index contributed by atoms with van der Waals surface area (Å²) in [4.78, 5) is 149. The first-order valence-corrected chi connectivity index (χ1v) is 27.7. The van der Waals surface area contributed by atoms with Crippen molar-refractivity contribution in [1.29, 1.82) is 0 Å². The number of aliphatic hydroxyl groups is 2. The summed E-state index contributed by atoms with van der Waals surface area (Å²) in [6.07, 6.45) is -3.91. The van der Waals surface area contributed by atoms with E-state index in [2.05, 4.69) is 16.0 Å². The number of cyclic esters (lactones) is 2. The average molecular weight is 1100 g/mol. The third-order valence-electron chi connectivity index (χ3n) is 15.6. The van der Waals surface area contributed by atoms with E-state index in [1.54, 1.807) is 38.1 Å². The molecule has 5 rings (SSSR count). The van der Waals surface area contributed by atoms with E-state index in [0.29, 0.717) is 24.2 Å². The lowest BCUT2D eigenvalue weighted by Crippen LogP contribution is -2.62. The molecule has 1 aliphatic carbocycles. The molecule has 1 saturated carbocycles. The van der Waals surface area contributed by atoms with Crippen molar-refractivity contribution in [2.45, 2.75) is 193 Å². The molecular formula is C56H85N7O15. The zero-order valence-corrected chi connectivity index (χ0v) is 47.5. The van der Waals surface area contributed by atoms with Crippen molar-refractivity contribution in [3.05, 3.63) is 29.8 Å². The van der Waals surface area contributed by atoms with Crippen LogP contribution in [0.1, 0.15) is 126 Å². The molecular weight excluding hydrogens is 1010 g/mol. The maximum Gasteiger partial charge on any atom is 0.329 e. The Morgan fingerprint density at radius 1 is 0.821 bits per heavy atom. The van der Waals surface area contributed by atoms with Crippen LogP contribution in [0, 0.1) is 29.6 Å². The lowest BCUT2D eigenvalue weighted by molar-refractivity contribution is -0.169. The van der Waals surface area contributed by atoms with Crippen molar-refractivity contribution < 1.29 is 72.4 Å². The third-order valence-corrected chi connectivity index (χ3v) is 15.6. The van der Waals surface area contributed by atoms with E-state index < -0.39 is 144 Å². The molecule has 3 saturated heterocycles. The molecule has 1 aromatic rings. The van der Waals surface area contributed by atoms with Crippen molar-refractivity contribution in [3.63, 3.8) is 0 Å². The topological polar surface area (TPSA) is 288 Å². The van der Waals surface area contributed by atoms with Gasteiger partial charge in [0.25, 0.3) is 5.91 Å². The van der Waals surface area contributed by atoms with Gasteiger partial charge >= 0.3 is 11.9 Å². The number of hydrogen-bond donors (Lipinski definition) is 5. The van der Waals surface area contributed by atoms with Crippen LogP contribution in [-0.2, 0) is 63.8 Å². The van der Waals surface area contributed by atoms with Crippen LogP contribution in [0.4, 0.5) is 0 Å². The fraction of sp³-hybridized carbons (Fsp3) is 0.714. The van der Waals surface area contributed by atoms with E-state index in [1.807, 2.05) is 27.7 Å². The van der Waals surface area contributed by atoms with Crippen LogP contribution in [0.3, 0.4) is 0 Å². The number of fused-ring (bicyclic) bond motifs is 3. The summed E-state index contributed by atoms with van der Waals surface area (Å²) in [6, 6.07) is -2.03. The fourth-order valence-electron chi connectivity index (χ4n) is 11.0. The minimum atomic E-state index is -1.74. The Morgan fingerprint density at radius 2 is 1.47 bits per heavy atom. The lowest BCUT2D eigenvalue weighted by Gasteiger charge is -2.37. The average Bonchev–Trinajstić information content (AvgIpc) is 4.10. The van der Waals surface area contributed by atoms with Crippen LogP contribution in [0.2, 0.25) is 0 Å². The van der Waals surface area contributed by atoms with Crippen LogP contribution in [-0.4, -0.2) is 190 Å². The van der Waals surface area contributed by atoms with Gasteiger partial charge in [-0.2, -0.15) is 0 Å². The molecule has 0 radical (unpaired) electrons. The van der Waals surface area contributed by atoms with E-state index in [9.17, 15) is 58.2 Å². The van der Waals surface area contributed by atoms with Gasteiger partial charge in [0, 0.05) is 33.6 Å². The largest absolute Gasteiger partial charge is 0.497 e. The SMILES string of the molecule is COc1ccc(C[C@H]2C(=O)O[C@H](C)[C@H](NC(=O)[C@@H](CC(C)C)N(C)C(=O)[C@@H]3CCCN3C(=O)[C@H](C)O)C(=O)N[C@H]3CCC[C@H](C(=O)O[C@@H](C(C)C)C(=O)[C@H](C)C(=O)N[C@@H](CC(C)C)C(=O)N4CCC[C@H]4C(=O)N2C)[C@@H]3O)cc1. The molecule has 4 fully saturated rings. The number of likely N-dealkylation sites (N-methyl/N-ethyl adjacent to an activating group) is 2. The van der Waals surface area contributed by atoms with Crippen molar-refractivity contribution in [2.75, 3.05) is 34.3 Å². The van der Waals surface area contributed by atoms with Gasteiger partial charge in [0.2, 0.25) is 35.4 Å². The van der Waals surface area contributed by atoms with Gasteiger partial charge in [-0.05, 0) is 108 Å². The summed E-state index contributed by atoms with van der Waals surface area (Å²) in [6.45, 7) is 15.0. The quantitative estimate of drug-likeness (QED) is 0.139. The first-order valence-electron chi connectivity index (χ1n) is 27.7. The number of carbonyl (C=O) groups is 10. The number of nitrogens with zero attached hydrogens (tertiary/aromatic N) is 4. The number of amides is 7. The monoisotopic (exact) mass is 1100 g/mol. The minimum absolute atomic E-state index is 0.0808. The number of benzene rings is 1. The van der Waals surface area contributed by atoms with Gasteiger partial charge in [0.15, 0.2) is 11.9 Å². The molecule has 1 aromatic carbocycles. The number of aliphatic hydroxyl groups excluding tert-OH is 2. The normalized spacial score (nSPS) is 29.1. The Balaban J connectivity index is 1.60. The first kappa shape index (κ1) is 62.7. The maximum absolute atomic E-state index is 14.9. The second-order valence-electron chi connectivity index (χ2n) is 22.9. The van der Waals surface area contributed by atoms with Gasteiger partial charge in [-0.25, -0.2) is 4.79 Å². The molecule has 13 atom stereocenters.